The van der Waals surface area contributed by atoms with Crippen LogP contribution in [0.4, 0.5) is 0 Å². The van der Waals surface area contributed by atoms with Crippen molar-refractivity contribution in [2.75, 3.05) is 6.61 Å². The largest absolute Gasteiger partial charge is 0.465 e. The molecular formula is C9H14O2. The van der Waals surface area contributed by atoms with Crippen molar-refractivity contribution in [3.8, 4) is 0 Å². The zero-order valence-corrected chi connectivity index (χ0v) is 6.71. The van der Waals surface area contributed by atoms with E-state index in [4.69, 9.17) is 4.74 Å². The Morgan fingerprint density at radius 1 is 1.18 bits per heavy atom. The van der Waals surface area contributed by atoms with Crippen molar-refractivity contribution in [3.05, 3.63) is 0 Å². The molecule has 1 heterocycles. The van der Waals surface area contributed by atoms with Gasteiger partial charge >= 0.3 is 5.97 Å². The number of ether oxygens (including phenoxy) is 1. The van der Waals surface area contributed by atoms with Crippen molar-refractivity contribution < 1.29 is 9.53 Å². The molecule has 1 saturated carbocycles. The molecule has 2 rings (SSSR count). The molecule has 2 aliphatic rings. The average Bonchev–Trinajstić information content (AvgIpc) is 2.55. The van der Waals surface area contributed by atoms with Crippen molar-refractivity contribution in [3.63, 3.8) is 0 Å². The minimum atomic E-state index is 0.0156. The molecule has 0 aromatic carbocycles. The van der Waals surface area contributed by atoms with Gasteiger partial charge in [-0.3, -0.25) is 4.79 Å². The van der Waals surface area contributed by atoms with Gasteiger partial charge in [-0.2, -0.15) is 0 Å². The van der Waals surface area contributed by atoms with E-state index in [2.05, 4.69) is 0 Å². The van der Waals surface area contributed by atoms with Gasteiger partial charge in [-0.25, -0.2) is 0 Å². The van der Waals surface area contributed by atoms with Crippen molar-refractivity contribution >= 4 is 5.97 Å². The fourth-order valence-corrected chi connectivity index (χ4v) is 2.26. The lowest BCUT2D eigenvalue weighted by molar-refractivity contribution is -0.137. The molecule has 2 heteroatoms. The van der Waals surface area contributed by atoms with Gasteiger partial charge in [0, 0.05) is 5.92 Å². The first-order valence-electron chi connectivity index (χ1n) is 4.52. The Labute approximate surface area is 66.9 Å². The second kappa shape index (κ2) is 2.84. The van der Waals surface area contributed by atoms with E-state index in [0.717, 1.165) is 5.92 Å². The number of hydrogen-bond acceptors (Lipinski definition) is 2. The van der Waals surface area contributed by atoms with E-state index in [1.54, 1.807) is 0 Å². The fourth-order valence-electron chi connectivity index (χ4n) is 2.26. The quantitative estimate of drug-likeness (QED) is 0.538. The van der Waals surface area contributed by atoms with E-state index in [0.29, 0.717) is 18.9 Å². The van der Waals surface area contributed by atoms with Gasteiger partial charge in [-0.05, 0) is 5.92 Å². The van der Waals surface area contributed by atoms with Crippen molar-refractivity contribution in [1.29, 1.82) is 0 Å². The molecule has 1 atom stereocenters. The first-order valence-corrected chi connectivity index (χ1v) is 4.52. The molecule has 0 radical (unpaired) electrons. The Kier molecular flexibility index (Phi) is 1.84. The van der Waals surface area contributed by atoms with Crippen LogP contribution in [-0.2, 0) is 9.53 Å². The molecular weight excluding hydrogens is 140 g/mol. The monoisotopic (exact) mass is 154 g/mol. The van der Waals surface area contributed by atoms with Gasteiger partial charge in [0.2, 0.25) is 0 Å². The third-order valence-corrected chi connectivity index (χ3v) is 2.95. The summed E-state index contributed by atoms with van der Waals surface area (Å²) in [6.45, 7) is 0.698. The molecule has 0 aromatic heterocycles. The van der Waals surface area contributed by atoms with Crippen LogP contribution in [0.25, 0.3) is 0 Å². The van der Waals surface area contributed by atoms with Crippen LogP contribution in [0.3, 0.4) is 0 Å². The number of esters is 1. The van der Waals surface area contributed by atoms with Gasteiger partial charge < -0.3 is 4.74 Å². The lowest BCUT2D eigenvalue weighted by atomic mass is 9.90. The summed E-state index contributed by atoms with van der Waals surface area (Å²) in [7, 11) is 0. The number of carbonyl (C=O) groups excluding carboxylic acids is 1. The summed E-state index contributed by atoms with van der Waals surface area (Å²) in [4.78, 5) is 10.8. The molecule has 0 amide bonds. The molecule has 1 aliphatic carbocycles. The van der Waals surface area contributed by atoms with E-state index in [9.17, 15) is 4.79 Å². The summed E-state index contributed by atoms with van der Waals surface area (Å²) < 4.78 is 4.94. The summed E-state index contributed by atoms with van der Waals surface area (Å²) in [6.07, 6.45) is 6.04. The smallest absolute Gasteiger partial charge is 0.306 e. The highest BCUT2D eigenvalue weighted by atomic mass is 16.5. The second-order valence-electron chi connectivity index (χ2n) is 3.69. The summed E-state index contributed by atoms with van der Waals surface area (Å²) >= 11 is 0. The number of hydrogen-bond donors (Lipinski definition) is 0. The average molecular weight is 154 g/mol. The Balaban J connectivity index is 1.90. The SMILES string of the molecule is O=C1CC(C2CCCC2)CO1. The molecule has 2 fully saturated rings. The number of carbonyl (C=O) groups is 1. The van der Waals surface area contributed by atoms with Crippen LogP contribution in [0.1, 0.15) is 32.1 Å². The topological polar surface area (TPSA) is 26.3 Å². The Hall–Kier alpha value is -0.530. The van der Waals surface area contributed by atoms with Gasteiger partial charge in [-0.1, -0.05) is 25.7 Å². The predicted octanol–water partition coefficient (Wildman–Crippen LogP) is 1.74. The Morgan fingerprint density at radius 3 is 2.45 bits per heavy atom. The summed E-state index contributed by atoms with van der Waals surface area (Å²) in [5, 5.41) is 0. The highest BCUT2D eigenvalue weighted by molar-refractivity contribution is 5.71. The van der Waals surface area contributed by atoms with E-state index >= 15 is 0 Å². The van der Waals surface area contributed by atoms with Crippen LogP contribution in [0.5, 0.6) is 0 Å². The third-order valence-electron chi connectivity index (χ3n) is 2.95. The lowest BCUT2D eigenvalue weighted by Crippen LogP contribution is -2.10. The van der Waals surface area contributed by atoms with Gasteiger partial charge in [0.05, 0.1) is 13.0 Å². The molecule has 1 aliphatic heterocycles. The Bertz CT molecular complexity index is 159. The van der Waals surface area contributed by atoms with E-state index in [1.807, 2.05) is 0 Å². The minimum Gasteiger partial charge on any atom is -0.465 e. The molecule has 0 N–H and O–H groups in total. The maximum atomic E-state index is 10.8. The molecule has 1 unspecified atom stereocenters. The molecule has 11 heavy (non-hydrogen) atoms. The standard InChI is InChI=1S/C9H14O2/c10-9-5-8(6-11-9)7-3-1-2-4-7/h7-8H,1-6H2. The van der Waals surface area contributed by atoms with Gasteiger partial charge in [0.15, 0.2) is 0 Å². The van der Waals surface area contributed by atoms with Crippen LogP contribution >= 0.6 is 0 Å². The van der Waals surface area contributed by atoms with Crippen LogP contribution in [0, 0.1) is 11.8 Å². The minimum absolute atomic E-state index is 0.0156. The van der Waals surface area contributed by atoms with Crippen LogP contribution in [-0.4, -0.2) is 12.6 Å². The van der Waals surface area contributed by atoms with Crippen molar-refractivity contribution in [2.24, 2.45) is 11.8 Å². The van der Waals surface area contributed by atoms with Gasteiger partial charge in [0.25, 0.3) is 0 Å². The summed E-state index contributed by atoms with van der Waals surface area (Å²) in [5.41, 5.74) is 0. The first-order chi connectivity index (χ1) is 5.36. The predicted molar refractivity (Wildman–Crippen MR) is 41.0 cm³/mol. The highest BCUT2D eigenvalue weighted by Crippen LogP contribution is 2.35. The maximum Gasteiger partial charge on any atom is 0.306 e. The van der Waals surface area contributed by atoms with Gasteiger partial charge in [0.1, 0.15) is 0 Å². The van der Waals surface area contributed by atoms with E-state index < -0.39 is 0 Å². The lowest BCUT2D eigenvalue weighted by Gasteiger charge is -2.13. The molecule has 0 aromatic rings. The first kappa shape index (κ1) is 7.14. The van der Waals surface area contributed by atoms with Crippen LogP contribution in [0.15, 0.2) is 0 Å². The van der Waals surface area contributed by atoms with Crippen LogP contribution in [0.2, 0.25) is 0 Å². The normalized spacial score (nSPS) is 32.7. The van der Waals surface area contributed by atoms with Gasteiger partial charge in [-0.15, -0.1) is 0 Å². The van der Waals surface area contributed by atoms with Crippen LogP contribution < -0.4 is 0 Å². The maximum absolute atomic E-state index is 10.8. The third kappa shape index (κ3) is 1.39. The summed E-state index contributed by atoms with van der Waals surface area (Å²) in [6, 6.07) is 0. The molecule has 62 valence electrons. The number of rotatable bonds is 1. The fraction of sp³-hybridized carbons (Fsp3) is 0.889. The molecule has 2 nitrogen and oxygen atoms in total. The Morgan fingerprint density at radius 2 is 1.91 bits per heavy atom. The molecule has 0 bridgehead atoms. The second-order valence-corrected chi connectivity index (χ2v) is 3.69. The zero-order chi connectivity index (χ0) is 7.68. The molecule has 1 saturated heterocycles. The summed E-state index contributed by atoms with van der Waals surface area (Å²) in [5.74, 6) is 1.37. The van der Waals surface area contributed by atoms with Crippen molar-refractivity contribution in [2.45, 2.75) is 32.1 Å². The number of cyclic esters (lactones) is 1. The molecule has 0 spiro atoms. The highest BCUT2D eigenvalue weighted by Gasteiger charge is 2.32. The van der Waals surface area contributed by atoms with Crippen molar-refractivity contribution in [1.82, 2.24) is 0 Å². The van der Waals surface area contributed by atoms with E-state index in [-0.39, 0.29) is 5.97 Å². The van der Waals surface area contributed by atoms with E-state index in [1.165, 1.54) is 25.7 Å². The zero-order valence-electron chi connectivity index (χ0n) is 6.71.